The largest absolute Gasteiger partial charge is 0.276 e. The fraction of sp³-hybridized carbons (Fsp3) is 0. The summed E-state index contributed by atoms with van der Waals surface area (Å²) in [7, 11) is 0. The SMILES string of the molecule is O=c1[nH]ncc2nc(Cl)nc(Cl)c12. The van der Waals surface area contributed by atoms with Crippen molar-refractivity contribution < 1.29 is 0 Å². The summed E-state index contributed by atoms with van der Waals surface area (Å²) in [6, 6.07) is 0. The van der Waals surface area contributed by atoms with E-state index >= 15 is 0 Å². The molecule has 5 nitrogen and oxygen atoms in total. The maximum absolute atomic E-state index is 11.2. The lowest BCUT2D eigenvalue weighted by atomic mass is 10.3. The molecule has 0 saturated heterocycles. The molecule has 0 aliphatic carbocycles. The number of halogens is 2. The van der Waals surface area contributed by atoms with Crippen molar-refractivity contribution in [2.45, 2.75) is 0 Å². The third-order valence-corrected chi connectivity index (χ3v) is 1.89. The molecule has 2 heterocycles. The standard InChI is InChI=1S/C6H2Cl2N4O/c7-4-3-2(10-6(8)11-4)1-9-12-5(3)13/h1H,(H,12,13). The highest BCUT2D eigenvalue weighted by Crippen LogP contribution is 2.16. The molecule has 13 heavy (non-hydrogen) atoms. The number of fused-ring (bicyclic) bond motifs is 1. The van der Waals surface area contributed by atoms with Crippen LogP contribution in [-0.4, -0.2) is 20.2 Å². The number of rotatable bonds is 0. The molecule has 1 N–H and O–H groups in total. The van der Waals surface area contributed by atoms with E-state index in [0.717, 1.165) is 0 Å². The average molecular weight is 217 g/mol. The quantitative estimate of drug-likeness (QED) is 0.528. The lowest BCUT2D eigenvalue weighted by molar-refractivity contribution is 0.999. The van der Waals surface area contributed by atoms with Crippen LogP contribution in [0, 0.1) is 0 Å². The Hall–Kier alpha value is -1.20. The summed E-state index contributed by atoms with van der Waals surface area (Å²) < 4.78 is 0. The molecule has 0 saturated carbocycles. The summed E-state index contributed by atoms with van der Waals surface area (Å²) in [6.45, 7) is 0. The van der Waals surface area contributed by atoms with Gasteiger partial charge in [0, 0.05) is 0 Å². The molecule has 2 aromatic rings. The molecular weight excluding hydrogens is 215 g/mol. The molecule has 0 atom stereocenters. The number of hydrogen-bond donors (Lipinski definition) is 1. The van der Waals surface area contributed by atoms with Crippen LogP contribution in [0.2, 0.25) is 10.4 Å². The van der Waals surface area contributed by atoms with Crippen molar-refractivity contribution in [2.75, 3.05) is 0 Å². The van der Waals surface area contributed by atoms with E-state index < -0.39 is 5.56 Å². The van der Waals surface area contributed by atoms with Gasteiger partial charge in [-0.05, 0) is 11.6 Å². The molecule has 0 aliphatic heterocycles. The van der Waals surface area contributed by atoms with Crippen molar-refractivity contribution >= 4 is 34.1 Å². The van der Waals surface area contributed by atoms with Crippen LogP contribution >= 0.6 is 23.2 Å². The molecule has 0 radical (unpaired) electrons. The first-order chi connectivity index (χ1) is 6.18. The van der Waals surface area contributed by atoms with Crippen LogP contribution in [0.1, 0.15) is 0 Å². The van der Waals surface area contributed by atoms with Gasteiger partial charge in [0.1, 0.15) is 16.1 Å². The molecule has 66 valence electrons. The molecule has 0 amide bonds. The molecule has 0 bridgehead atoms. The highest BCUT2D eigenvalue weighted by molar-refractivity contribution is 6.35. The number of H-pyrrole nitrogens is 1. The monoisotopic (exact) mass is 216 g/mol. The summed E-state index contributed by atoms with van der Waals surface area (Å²) >= 11 is 11.2. The lowest BCUT2D eigenvalue weighted by Gasteiger charge is -1.96. The highest BCUT2D eigenvalue weighted by Gasteiger charge is 2.07. The highest BCUT2D eigenvalue weighted by atomic mass is 35.5. The minimum absolute atomic E-state index is 0.00935. The minimum Gasteiger partial charge on any atom is -0.267 e. The Morgan fingerprint density at radius 1 is 1.31 bits per heavy atom. The molecule has 0 aromatic carbocycles. The van der Waals surface area contributed by atoms with E-state index in [1.54, 1.807) is 0 Å². The van der Waals surface area contributed by atoms with Crippen LogP contribution in [-0.2, 0) is 0 Å². The summed E-state index contributed by atoms with van der Waals surface area (Å²) in [5.41, 5.74) is -0.104. The third-order valence-electron chi connectivity index (χ3n) is 1.45. The predicted molar refractivity (Wildman–Crippen MR) is 48.0 cm³/mol. The molecule has 0 unspecified atom stereocenters. The van der Waals surface area contributed by atoms with E-state index in [1.807, 2.05) is 0 Å². The normalized spacial score (nSPS) is 10.6. The Balaban J connectivity index is 3.03. The first-order valence-corrected chi connectivity index (χ1v) is 4.00. The van der Waals surface area contributed by atoms with E-state index in [9.17, 15) is 4.79 Å². The first-order valence-electron chi connectivity index (χ1n) is 3.25. The fourth-order valence-electron chi connectivity index (χ4n) is 0.934. The van der Waals surface area contributed by atoms with Crippen LogP contribution in [0.5, 0.6) is 0 Å². The Kier molecular flexibility index (Phi) is 1.90. The Labute approximate surface area is 81.7 Å². The zero-order valence-electron chi connectivity index (χ0n) is 6.08. The van der Waals surface area contributed by atoms with Crippen LogP contribution in [0.15, 0.2) is 11.0 Å². The van der Waals surface area contributed by atoms with Crippen molar-refractivity contribution in [3.63, 3.8) is 0 Å². The summed E-state index contributed by atoms with van der Waals surface area (Å²) in [4.78, 5) is 18.6. The smallest absolute Gasteiger partial charge is 0.267 e. The number of hydrogen-bond acceptors (Lipinski definition) is 4. The molecular formula is C6H2Cl2N4O. The number of aromatic amines is 1. The minimum atomic E-state index is -0.431. The summed E-state index contributed by atoms with van der Waals surface area (Å²) in [6.07, 6.45) is 1.36. The zero-order chi connectivity index (χ0) is 9.42. The topological polar surface area (TPSA) is 71.5 Å². The van der Waals surface area contributed by atoms with Gasteiger partial charge in [-0.25, -0.2) is 15.1 Å². The van der Waals surface area contributed by atoms with E-state index in [0.29, 0.717) is 5.52 Å². The van der Waals surface area contributed by atoms with Gasteiger partial charge in [0.2, 0.25) is 5.28 Å². The second-order valence-electron chi connectivity index (χ2n) is 2.24. The van der Waals surface area contributed by atoms with Crippen molar-refractivity contribution in [3.05, 3.63) is 27.0 Å². The molecule has 0 spiro atoms. The van der Waals surface area contributed by atoms with Crippen LogP contribution in [0.3, 0.4) is 0 Å². The Bertz CT molecular complexity index is 524. The van der Waals surface area contributed by atoms with Gasteiger partial charge in [-0.2, -0.15) is 5.10 Å². The molecule has 2 aromatic heterocycles. The van der Waals surface area contributed by atoms with Crippen molar-refractivity contribution in [2.24, 2.45) is 0 Å². The first kappa shape index (κ1) is 8.40. The summed E-state index contributed by atoms with van der Waals surface area (Å²) in [5, 5.41) is 5.98. The molecule has 0 fully saturated rings. The number of aromatic nitrogens is 4. The number of nitrogens with zero attached hydrogens (tertiary/aromatic N) is 3. The van der Waals surface area contributed by atoms with Gasteiger partial charge >= 0.3 is 0 Å². The van der Waals surface area contributed by atoms with Crippen LogP contribution in [0.25, 0.3) is 10.9 Å². The van der Waals surface area contributed by atoms with E-state index in [2.05, 4.69) is 20.2 Å². The van der Waals surface area contributed by atoms with Gasteiger partial charge in [-0.3, -0.25) is 4.79 Å². The van der Waals surface area contributed by atoms with E-state index in [1.165, 1.54) is 6.20 Å². The van der Waals surface area contributed by atoms with E-state index in [4.69, 9.17) is 23.2 Å². The van der Waals surface area contributed by atoms with Gasteiger partial charge in [-0.15, -0.1) is 0 Å². The second kappa shape index (κ2) is 2.93. The molecule has 2 rings (SSSR count). The van der Waals surface area contributed by atoms with Crippen LogP contribution < -0.4 is 5.56 Å². The fourth-order valence-corrected chi connectivity index (χ4v) is 1.42. The average Bonchev–Trinajstić information content (AvgIpc) is 2.02. The van der Waals surface area contributed by atoms with Gasteiger partial charge in [0.05, 0.1) is 6.20 Å². The second-order valence-corrected chi connectivity index (χ2v) is 2.94. The maximum atomic E-state index is 11.2. The van der Waals surface area contributed by atoms with Gasteiger partial charge < -0.3 is 0 Å². The third kappa shape index (κ3) is 1.36. The Morgan fingerprint density at radius 2 is 2.08 bits per heavy atom. The molecule has 0 aliphatic rings. The van der Waals surface area contributed by atoms with E-state index in [-0.39, 0.29) is 15.8 Å². The predicted octanol–water partition coefficient (Wildman–Crippen LogP) is 1.02. The van der Waals surface area contributed by atoms with Gasteiger partial charge in [-0.1, -0.05) is 11.6 Å². The van der Waals surface area contributed by atoms with Gasteiger partial charge in [0.25, 0.3) is 5.56 Å². The Morgan fingerprint density at radius 3 is 2.85 bits per heavy atom. The van der Waals surface area contributed by atoms with Gasteiger partial charge in [0.15, 0.2) is 0 Å². The van der Waals surface area contributed by atoms with Crippen molar-refractivity contribution in [1.29, 1.82) is 0 Å². The summed E-state index contributed by atoms with van der Waals surface area (Å²) in [5.74, 6) is 0. The maximum Gasteiger partial charge on any atom is 0.276 e. The number of nitrogens with one attached hydrogen (secondary N) is 1. The lowest BCUT2D eigenvalue weighted by Crippen LogP contribution is -2.09. The molecule has 7 heteroatoms. The van der Waals surface area contributed by atoms with Crippen molar-refractivity contribution in [1.82, 2.24) is 20.2 Å². The van der Waals surface area contributed by atoms with Crippen molar-refractivity contribution in [3.8, 4) is 0 Å². The van der Waals surface area contributed by atoms with Crippen LogP contribution in [0.4, 0.5) is 0 Å². The zero-order valence-corrected chi connectivity index (χ0v) is 7.60.